The zero-order valence-electron chi connectivity index (χ0n) is 18.2. The molecule has 0 bridgehead atoms. The van der Waals surface area contributed by atoms with Crippen molar-refractivity contribution in [2.75, 3.05) is 10.6 Å². The van der Waals surface area contributed by atoms with Crippen LogP contribution in [0.25, 0.3) is 5.70 Å². The van der Waals surface area contributed by atoms with Gasteiger partial charge in [-0.2, -0.15) is 4.98 Å². The fraction of sp³-hybridized carbons (Fsp3) is 0.115. The minimum absolute atomic E-state index is 0.178. The highest BCUT2D eigenvalue weighted by molar-refractivity contribution is 6.31. The first-order valence-electron chi connectivity index (χ1n) is 10.6. The number of carbonyl (C=O) groups excluding carboxylic acids is 1. The molecule has 7 heteroatoms. The van der Waals surface area contributed by atoms with Gasteiger partial charge in [-0.05, 0) is 49.2 Å². The standard InChI is InChI=1S/C26H22ClN5O/c1-16-6-10-18(11-7-16)22-15-23(19-12-8-17(2)9-13-19)32-26(28-22)30-25(31-32)29-24(33)20-4-3-5-21(27)14-20/h3-15,23H,1-2H3,(H2,28,29,30,31,33)/t23-/m1/s1. The van der Waals surface area contributed by atoms with Crippen LogP contribution in [0.15, 0.2) is 78.9 Å². The molecule has 164 valence electrons. The number of amides is 1. The maximum absolute atomic E-state index is 12.7. The van der Waals surface area contributed by atoms with E-state index in [4.69, 9.17) is 11.6 Å². The molecule has 0 saturated heterocycles. The molecule has 1 aliphatic rings. The Balaban J connectivity index is 1.51. The summed E-state index contributed by atoms with van der Waals surface area (Å²) in [5.74, 6) is 0.456. The van der Waals surface area contributed by atoms with Gasteiger partial charge in [-0.1, -0.05) is 77.3 Å². The van der Waals surface area contributed by atoms with E-state index in [1.165, 1.54) is 11.1 Å². The van der Waals surface area contributed by atoms with Crippen molar-refractivity contribution in [3.05, 3.63) is 112 Å². The van der Waals surface area contributed by atoms with Crippen molar-refractivity contribution < 1.29 is 4.79 Å². The van der Waals surface area contributed by atoms with Crippen molar-refractivity contribution in [3.63, 3.8) is 0 Å². The molecule has 0 fully saturated rings. The third kappa shape index (κ3) is 4.38. The number of carbonyl (C=O) groups is 1. The van der Waals surface area contributed by atoms with E-state index in [2.05, 4.69) is 89.2 Å². The molecular formula is C26H22ClN5O. The second-order valence-corrected chi connectivity index (χ2v) is 8.53. The quantitative estimate of drug-likeness (QED) is 0.404. The van der Waals surface area contributed by atoms with Gasteiger partial charge in [-0.15, -0.1) is 5.10 Å². The third-order valence-corrected chi connectivity index (χ3v) is 5.79. The molecule has 4 aromatic rings. The van der Waals surface area contributed by atoms with E-state index in [9.17, 15) is 4.79 Å². The molecule has 2 N–H and O–H groups in total. The third-order valence-electron chi connectivity index (χ3n) is 5.56. The van der Waals surface area contributed by atoms with E-state index in [-0.39, 0.29) is 17.9 Å². The predicted molar refractivity (Wildman–Crippen MR) is 132 cm³/mol. The van der Waals surface area contributed by atoms with E-state index in [1.54, 1.807) is 28.9 Å². The Morgan fingerprint density at radius 1 is 1.00 bits per heavy atom. The first-order valence-corrected chi connectivity index (χ1v) is 11.0. The SMILES string of the molecule is Cc1ccc(C2=C[C@H](c3ccc(C)cc3)n3nc(NC(=O)c4cccc(Cl)c4)nc3N2)cc1. The van der Waals surface area contributed by atoms with Crippen LogP contribution in [0.5, 0.6) is 0 Å². The minimum atomic E-state index is -0.320. The number of nitrogens with one attached hydrogen (secondary N) is 2. The molecule has 33 heavy (non-hydrogen) atoms. The van der Waals surface area contributed by atoms with Gasteiger partial charge in [-0.3, -0.25) is 10.1 Å². The van der Waals surface area contributed by atoms with Crippen molar-refractivity contribution in [1.82, 2.24) is 14.8 Å². The van der Waals surface area contributed by atoms with Gasteiger partial charge in [0.2, 0.25) is 5.95 Å². The maximum Gasteiger partial charge on any atom is 0.258 e. The van der Waals surface area contributed by atoms with Gasteiger partial charge in [0.1, 0.15) is 6.04 Å². The zero-order chi connectivity index (χ0) is 22.9. The summed E-state index contributed by atoms with van der Waals surface area (Å²) in [6.45, 7) is 4.12. The number of aryl methyl sites for hydroxylation is 2. The lowest BCUT2D eigenvalue weighted by Crippen LogP contribution is -2.20. The number of rotatable bonds is 4. The van der Waals surface area contributed by atoms with Crippen LogP contribution in [-0.4, -0.2) is 20.7 Å². The molecule has 1 aromatic heterocycles. The number of allylic oxidation sites excluding steroid dienone is 1. The van der Waals surface area contributed by atoms with Gasteiger partial charge in [-0.25, -0.2) is 4.68 Å². The smallest absolute Gasteiger partial charge is 0.258 e. The van der Waals surface area contributed by atoms with Crippen molar-refractivity contribution in [1.29, 1.82) is 0 Å². The van der Waals surface area contributed by atoms with Gasteiger partial charge in [0.15, 0.2) is 0 Å². The van der Waals surface area contributed by atoms with Crippen molar-refractivity contribution in [2.24, 2.45) is 0 Å². The van der Waals surface area contributed by atoms with Crippen molar-refractivity contribution >= 4 is 35.1 Å². The number of fused-ring (bicyclic) bond motifs is 1. The first kappa shape index (κ1) is 21.0. The Morgan fingerprint density at radius 2 is 1.70 bits per heavy atom. The number of nitrogens with zero attached hydrogens (tertiary/aromatic N) is 3. The highest BCUT2D eigenvalue weighted by atomic mass is 35.5. The molecular weight excluding hydrogens is 434 g/mol. The van der Waals surface area contributed by atoms with E-state index >= 15 is 0 Å². The lowest BCUT2D eigenvalue weighted by atomic mass is 10.0. The topological polar surface area (TPSA) is 71.8 Å². The summed E-state index contributed by atoms with van der Waals surface area (Å²) in [7, 11) is 0. The second kappa shape index (κ2) is 8.56. The number of aromatic nitrogens is 3. The number of benzene rings is 3. The fourth-order valence-corrected chi connectivity index (χ4v) is 3.94. The fourth-order valence-electron chi connectivity index (χ4n) is 3.75. The average Bonchev–Trinajstić information content (AvgIpc) is 3.22. The molecule has 1 aliphatic heterocycles. The molecule has 0 spiro atoms. The Labute approximate surface area is 196 Å². The Hall–Kier alpha value is -3.90. The Kier molecular flexibility index (Phi) is 5.44. The van der Waals surface area contributed by atoms with Crippen molar-refractivity contribution in [3.8, 4) is 0 Å². The van der Waals surface area contributed by atoms with Crippen LogP contribution in [0.1, 0.15) is 38.7 Å². The molecule has 1 amide bonds. The van der Waals surface area contributed by atoms with Crippen LogP contribution in [0.4, 0.5) is 11.9 Å². The number of halogens is 1. The Bertz CT molecular complexity index is 1360. The molecule has 0 radical (unpaired) electrons. The minimum Gasteiger partial charge on any atom is -0.324 e. The van der Waals surface area contributed by atoms with Gasteiger partial charge in [0.05, 0.1) is 0 Å². The lowest BCUT2D eigenvalue weighted by Gasteiger charge is -2.24. The van der Waals surface area contributed by atoms with Gasteiger partial charge < -0.3 is 5.32 Å². The summed E-state index contributed by atoms with van der Waals surface area (Å²) in [6, 6.07) is 23.2. The van der Waals surface area contributed by atoms with Crippen LogP contribution < -0.4 is 10.6 Å². The largest absolute Gasteiger partial charge is 0.324 e. The van der Waals surface area contributed by atoms with Crippen LogP contribution in [0.3, 0.4) is 0 Å². The molecule has 0 unspecified atom stereocenters. The molecule has 5 rings (SSSR count). The monoisotopic (exact) mass is 455 g/mol. The highest BCUT2D eigenvalue weighted by Gasteiger charge is 2.26. The molecule has 2 heterocycles. The zero-order valence-corrected chi connectivity index (χ0v) is 19.0. The predicted octanol–water partition coefficient (Wildman–Crippen LogP) is 5.86. The maximum atomic E-state index is 12.7. The summed E-state index contributed by atoms with van der Waals surface area (Å²) in [5.41, 5.74) is 5.88. The van der Waals surface area contributed by atoms with Gasteiger partial charge in [0.25, 0.3) is 11.9 Å². The van der Waals surface area contributed by atoms with Crippen LogP contribution >= 0.6 is 11.6 Å². The Morgan fingerprint density at radius 3 is 2.39 bits per heavy atom. The summed E-state index contributed by atoms with van der Waals surface area (Å²) >= 11 is 6.02. The molecule has 1 atom stereocenters. The van der Waals surface area contributed by atoms with Gasteiger partial charge in [0, 0.05) is 16.3 Å². The first-order chi connectivity index (χ1) is 16.0. The average molecular weight is 456 g/mol. The summed E-state index contributed by atoms with van der Waals surface area (Å²) in [6.07, 6.45) is 2.12. The molecule has 0 saturated carbocycles. The number of anilines is 2. The van der Waals surface area contributed by atoms with E-state index in [0.717, 1.165) is 16.8 Å². The lowest BCUT2D eigenvalue weighted by molar-refractivity contribution is 0.102. The summed E-state index contributed by atoms with van der Waals surface area (Å²) < 4.78 is 1.79. The number of hydrogen-bond donors (Lipinski definition) is 2. The molecule has 0 aliphatic carbocycles. The molecule has 6 nitrogen and oxygen atoms in total. The van der Waals surface area contributed by atoms with Crippen LogP contribution in [0, 0.1) is 13.8 Å². The summed E-state index contributed by atoms with van der Waals surface area (Å²) in [5, 5.41) is 11.2. The highest BCUT2D eigenvalue weighted by Crippen LogP contribution is 2.33. The van der Waals surface area contributed by atoms with Crippen LogP contribution in [0.2, 0.25) is 5.02 Å². The van der Waals surface area contributed by atoms with Crippen LogP contribution in [-0.2, 0) is 0 Å². The van der Waals surface area contributed by atoms with Crippen molar-refractivity contribution in [2.45, 2.75) is 19.9 Å². The normalized spacial score (nSPS) is 14.8. The van der Waals surface area contributed by atoms with E-state index < -0.39 is 0 Å². The second-order valence-electron chi connectivity index (χ2n) is 8.09. The summed E-state index contributed by atoms with van der Waals surface area (Å²) in [4.78, 5) is 17.3. The van der Waals surface area contributed by atoms with E-state index in [0.29, 0.717) is 16.5 Å². The molecule has 3 aromatic carbocycles. The van der Waals surface area contributed by atoms with Gasteiger partial charge >= 0.3 is 0 Å². The van der Waals surface area contributed by atoms with E-state index in [1.807, 2.05) is 0 Å². The number of hydrogen-bond acceptors (Lipinski definition) is 4.